The third-order valence-electron chi connectivity index (χ3n) is 12.0. The van der Waals surface area contributed by atoms with Gasteiger partial charge in [0.1, 0.15) is 72.4 Å². The summed E-state index contributed by atoms with van der Waals surface area (Å²) in [4.78, 5) is 0. The van der Waals surface area contributed by atoms with E-state index >= 15 is 0 Å². The Morgan fingerprint density at radius 1 is 0.328 bits per heavy atom. The van der Waals surface area contributed by atoms with Crippen molar-refractivity contribution in [3.05, 3.63) is 93.0 Å². The van der Waals surface area contributed by atoms with Crippen LogP contribution in [0.15, 0.2) is 48.5 Å². The standard InChI is InChI=1S/C56H64O8/c1-13-21-37-41-29-46(54(62-26-18-6)33-49(41)57-9)39(23-15-3)43-31-48(56(64-28-20-8)35-51(43)59-11)40(24-16-4)44-32-47(55(63-27-19-7)36-52(44)60-12)38(22-14-2)42-30-45(37)53(61-25-17-5)34-50(42)58-10/h5-8,29-40H,13-16,21-28H2,1-4,9-12H3. The van der Waals surface area contributed by atoms with E-state index in [-0.39, 0.29) is 50.1 Å². The minimum absolute atomic E-state index is 0.0699. The van der Waals surface area contributed by atoms with Crippen molar-refractivity contribution in [3.8, 4) is 95.4 Å². The summed E-state index contributed by atoms with van der Waals surface area (Å²) in [5, 5.41) is 0. The minimum Gasteiger partial charge on any atom is -0.496 e. The third kappa shape index (κ3) is 10.5. The first-order valence-electron chi connectivity index (χ1n) is 22.4. The lowest BCUT2D eigenvalue weighted by atomic mass is 9.76. The lowest BCUT2D eigenvalue weighted by Crippen LogP contribution is -2.15. The topological polar surface area (TPSA) is 73.8 Å². The van der Waals surface area contributed by atoms with Gasteiger partial charge in [0.15, 0.2) is 0 Å². The van der Waals surface area contributed by atoms with E-state index in [0.717, 1.165) is 95.9 Å². The van der Waals surface area contributed by atoms with E-state index in [1.165, 1.54) is 0 Å². The highest BCUT2D eigenvalue weighted by Crippen LogP contribution is 2.53. The molecule has 1 aliphatic carbocycles. The third-order valence-corrected chi connectivity index (χ3v) is 12.0. The van der Waals surface area contributed by atoms with Crippen LogP contribution in [0.25, 0.3) is 0 Å². The Kier molecular flexibility index (Phi) is 18.1. The zero-order chi connectivity index (χ0) is 46.2. The van der Waals surface area contributed by atoms with E-state index in [0.29, 0.717) is 46.0 Å². The Bertz CT molecular complexity index is 2050. The van der Waals surface area contributed by atoms with Crippen LogP contribution in [0.5, 0.6) is 46.0 Å². The molecule has 8 heteroatoms. The van der Waals surface area contributed by atoms with Crippen LogP contribution in [-0.4, -0.2) is 54.9 Å². The smallest absolute Gasteiger partial charge is 0.148 e. The number of benzene rings is 4. The second kappa shape index (κ2) is 23.8. The SMILES string of the molecule is C#CCOc1cc(OC)c2cc1C(CCC)c1cc(c(OCC#C)cc1OC)C(CCC)c1cc(c(OCC#C)cc1OC)C(CCC)c1cc(c(OCC#C)cc1OC)C2CCC. The van der Waals surface area contributed by atoms with Crippen molar-refractivity contribution in [2.24, 2.45) is 0 Å². The van der Waals surface area contributed by atoms with Crippen LogP contribution in [-0.2, 0) is 0 Å². The van der Waals surface area contributed by atoms with Gasteiger partial charge in [-0.05, 0) is 49.9 Å². The van der Waals surface area contributed by atoms with Crippen molar-refractivity contribution in [1.82, 2.24) is 0 Å². The Morgan fingerprint density at radius 2 is 0.516 bits per heavy atom. The Balaban J connectivity index is 2.11. The molecule has 336 valence electrons. The van der Waals surface area contributed by atoms with Crippen molar-refractivity contribution < 1.29 is 37.9 Å². The molecular formula is C56H64O8. The average Bonchev–Trinajstić information content (AvgIpc) is 3.32. The number of fused-ring (bicyclic) bond motifs is 8. The van der Waals surface area contributed by atoms with Crippen LogP contribution in [0.4, 0.5) is 0 Å². The molecule has 0 N–H and O–H groups in total. The molecule has 4 aromatic rings. The number of methoxy groups -OCH3 is 4. The summed E-state index contributed by atoms with van der Waals surface area (Å²) in [6.45, 7) is 9.00. The monoisotopic (exact) mass is 864 g/mol. The molecule has 0 saturated carbocycles. The second-order valence-electron chi connectivity index (χ2n) is 15.9. The predicted octanol–water partition coefficient (Wildman–Crippen LogP) is 11.8. The molecule has 0 saturated heterocycles. The van der Waals surface area contributed by atoms with Gasteiger partial charge >= 0.3 is 0 Å². The van der Waals surface area contributed by atoms with E-state index in [2.05, 4.69) is 75.6 Å². The first kappa shape index (κ1) is 48.6. The predicted molar refractivity (Wildman–Crippen MR) is 256 cm³/mol. The molecule has 0 aliphatic heterocycles. The first-order chi connectivity index (χ1) is 31.2. The minimum atomic E-state index is -0.218. The fourth-order valence-corrected chi connectivity index (χ4v) is 9.31. The molecule has 4 unspecified atom stereocenters. The Morgan fingerprint density at radius 3 is 0.672 bits per heavy atom. The number of rotatable bonds is 20. The van der Waals surface area contributed by atoms with Gasteiger partial charge in [-0.1, -0.05) is 77.1 Å². The van der Waals surface area contributed by atoms with E-state index < -0.39 is 0 Å². The zero-order valence-electron chi connectivity index (χ0n) is 39.0. The maximum absolute atomic E-state index is 6.45. The summed E-state index contributed by atoms with van der Waals surface area (Å²) < 4.78 is 50.9. The van der Waals surface area contributed by atoms with Crippen molar-refractivity contribution in [2.45, 2.75) is 103 Å². The van der Waals surface area contributed by atoms with Crippen LogP contribution >= 0.6 is 0 Å². The molecule has 4 aromatic carbocycles. The number of hydrogen-bond acceptors (Lipinski definition) is 8. The fraction of sp³-hybridized carbons (Fsp3) is 0.429. The van der Waals surface area contributed by atoms with Crippen LogP contribution in [0, 0.1) is 49.4 Å². The number of terminal acetylenes is 4. The van der Waals surface area contributed by atoms with Gasteiger partial charge in [-0.2, -0.15) is 0 Å². The molecule has 0 aromatic heterocycles. The highest BCUT2D eigenvalue weighted by molar-refractivity contribution is 5.63. The maximum atomic E-state index is 6.45. The van der Waals surface area contributed by atoms with Crippen LogP contribution in [0.3, 0.4) is 0 Å². The van der Waals surface area contributed by atoms with Gasteiger partial charge in [0.05, 0.1) is 28.4 Å². The zero-order valence-corrected chi connectivity index (χ0v) is 39.0. The molecule has 1 aliphatic rings. The second-order valence-corrected chi connectivity index (χ2v) is 15.9. The highest BCUT2D eigenvalue weighted by atomic mass is 16.5. The summed E-state index contributed by atoms with van der Waals surface area (Å²) in [6, 6.07) is 16.8. The van der Waals surface area contributed by atoms with Gasteiger partial charge in [0.2, 0.25) is 0 Å². The van der Waals surface area contributed by atoms with Crippen LogP contribution < -0.4 is 37.9 Å². The molecule has 8 nitrogen and oxygen atoms in total. The first-order valence-corrected chi connectivity index (χ1v) is 22.4. The molecule has 4 atom stereocenters. The van der Waals surface area contributed by atoms with Crippen molar-refractivity contribution in [3.63, 3.8) is 0 Å². The Hall–Kier alpha value is -6.48. The van der Waals surface area contributed by atoms with Gasteiger partial charge < -0.3 is 37.9 Å². The average molecular weight is 865 g/mol. The van der Waals surface area contributed by atoms with E-state index in [9.17, 15) is 0 Å². The number of hydrogen-bond donors (Lipinski definition) is 0. The summed E-state index contributed by atoms with van der Waals surface area (Å²) in [5.74, 6) is 15.0. The molecule has 0 amide bonds. The van der Waals surface area contributed by atoms with Gasteiger partial charge in [-0.25, -0.2) is 0 Å². The van der Waals surface area contributed by atoms with Gasteiger partial charge in [-0.15, -0.1) is 25.7 Å². The van der Waals surface area contributed by atoms with Gasteiger partial charge in [0.25, 0.3) is 0 Å². The normalized spacial score (nSPS) is 16.2. The molecule has 0 spiro atoms. The van der Waals surface area contributed by atoms with Gasteiger partial charge in [0, 0.05) is 92.4 Å². The van der Waals surface area contributed by atoms with Crippen molar-refractivity contribution in [2.75, 3.05) is 54.9 Å². The molecule has 0 heterocycles. The summed E-state index contributed by atoms with van der Waals surface area (Å²) in [6.07, 6.45) is 29.8. The lowest BCUT2D eigenvalue weighted by molar-refractivity contribution is 0.347. The molecule has 0 fully saturated rings. The number of ether oxygens (including phenoxy) is 8. The Labute approximate surface area is 382 Å². The van der Waals surface area contributed by atoms with Crippen LogP contribution in [0.2, 0.25) is 0 Å². The molecule has 64 heavy (non-hydrogen) atoms. The quantitative estimate of drug-likeness (QED) is 0.0814. The fourth-order valence-electron chi connectivity index (χ4n) is 9.31. The van der Waals surface area contributed by atoms with Gasteiger partial charge in [-0.3, -0.25) is 0 Å². The van der Waals surface area contributed by atoms with E-state index in [1.807, 2.05) is 24.3 Å². The summed E-state index contributed by atoms with van der Waals surface area (Å²) >= 11 is 0. The molecule has 0 radical (unpaired) electrons. The van der Waals surface area contributed by atoms with E-state index in [4.69, 9.17) is 63.6 Å². The maximum Gasteiger partial charge on any atom is 0.148 e. The van der Waals surface area contributed by atoms with Crippen molar-refractivity contribution >= 4 is 0 Å². The summed E-state index contributed by atoms with van der Waals surface area (Å²) in [7, 11) is 6.74. The molecule has 8 bridgehead atoms. The molecule has 5 rings (SSSR count). The van der Waals surface area contributed by atoms with Crippen molar-refractivity contribution in [1.29, 1.82) is 0 Å². The largest absolute Gasteiger partial charge is 0.496 e. The van der Waals surface area contributed by atoms with Crippen LogP contribution in [0.1, 0.15) is 147 Å². The molecular weight excluding hydrogens is 801 g/mol. The highest BCUT2D eigenvalue weighted by Gasteiger charge is 2.34. The lowest BCUT2D eigenvalue weighted by Gasteiger charge is -2.31. The van der Waals surface area contributed by atoms with E-state index in [1.54, 1.807) is 28.4 Å². The summed E-state index contributed by atoms with van der Waals surface area (Å²) in [5.41, 5.74) is 7.68.